The van der Waals surface area contributed by atoms with Crippen molar-refractivity contribution in [3.8, 4) is 0 Å². The second kappa shape index (κ2) is 8.35. The van der Waals surface area contributed by atoms with Gasteiger partial charge < -0.3 is 10.3 Å². The lowest BCUT2D eigenvalue weighted by atomic mass is 9.85. The lowest BCUT2D eigenvalue weighted by molar-refractivity contribution is -0.137. The number of fused-ring (bicyclic) bond motifs is 1. The van der Waals surface area contributed by atoms with Gasteiger partial charge in [0.15, 0.2) is 0 Å². The van der Waals surface area contributed by atoms with Gasteiger partial charge in [-0.05, 0) is 71.9 Å². The number of anilines is 1. The van der Waals surface area contributed by atoms with Crippen molar-refractivity contribution in [2.75, 3.05) is 5.32 Å². The van der Waals surface area contributed by atoms with E-state index in [1.807, 2.05) is 18.2 Å². The van der Waals surface area contributed by atoms with Crippen LogP contribution in [-0.4, -0.2) is 15.5 Å². The van der Waals surface area contributed by atoms with Gasteiger partial charge in [0.05, 0.1) is 21.6 Å². The van der Waals surface area contributed by atoms with Gasteiger partial charge in [-0.25, -0.2) is 4.79 Å². The maximum atomic E-state index is 13.0. The zero-order valence-corrected chi connectivity index (χ0v) is 18.4. The molecule has 1 aliphatic rings. The van der Waals surface area contributed by atoms with Gasteiger partial charge in [-0.3, -0.25) is 9.36 Å². The van der Waals surface area contributed by atoms with Crippen LogP contribution >= 0.6 is 27.5 Å². The summed E-state index contributed by atoms with van der Waals surface area (Å²) in [7, 11) is 0. The number of para-hydroxylation sites is 1. The third-order valence-electron chi connectivity index (χ3n) is 5.67. The highest BCUT2D eigenvalue weighted by atomic mass is 79.9. The predicted molar refractivity (Wildman–Crippen MR) is 116 cm³/mol. The van der Waals surface area contributed by atoms with Crippen LogP contribution in [0.25, 0.3) is 11.0 Å². The Labute approximate surface area is 188 Å². The number of nitrogens with zero attached hydrogens (tertiary/aromatic N) is 1. The number of hydrogen-bond donors (Lipinski definition) is 2. The van der Waals surface area contributed by atoms with Crippen LogP contribution in [0.3, 0.4) is 0 Å². The highest BCUT2D eigenvalue weighted by Gasteiger charge is 2.34. The Kier molecular flexibility index (Phi) is 5.91. The number of nitrogens with one attached hydrogen (secondary N) is 2. The van der Waals surface area contributed by atoms with E-state index in [0.29, 0.717) is 25.7 Å². The molecule has 0 atom stereocenters. The number of H-pyrrole nitrogens is 1. The molecule has 4 rings (SSSR count). The molecule has 2 aromatic carbocycles. The minimum absolute atomic E-state index is 0.0491. The Hall–Kier alpha value is -2.26. The number of aromatic amines is 1. The number of hydrogen-bond acceptors (Lipinski definition) is 2. The van der Waals surface area contributed by atoms with Crippen LogP contribution in [0.1, 0.15) is 37.3 Å². The molecule has 1 aliphatic carbocycles. The molecule has 1 amide bonds. The number of halogens is 5. The van der Waals surface area contributed by atoms with Gasteiger partial charge in [0.1, 0.15) is 0 Å². The molecule has 31 heavy (non-hydrogen) atoms. The molecule has 5 nitrogen and oxygen atoms in total. The van der Waals surface area contributed by atoms with E-state index in [4.69, 9.17) is 11.6 Å². The van der Waals surface area contributed by atoms with E-state index in [0.717, 1.165) is 27.6 Å². The molecule has 0 bridgehead atoms. The molecule has 0 spiro atoms. The molecule has 0 saturated heterocycles. The van der Waals surface area contributed by atoms with Crippen LogP contribution in [0, 0.1) is 5.92 Å². The Morgan fingerprint density at radius 3 is 2.55 bits per heavy atom. The van der Waals surface area contributed by atoms with Gasteiger partial charge in [-0.1, -0.05) is 17.7 Å². The lowest BCUT2D eigenvalue weighted by Gasteiger charge is -2.28. The summed E-state index contributed by atoms with van der Waals surface area (Å²) in [5.74, 6) is -0.670. The molecule has 0 unspecified atom stereocenters. The molecule has 10 heteroatoms. The zero-order valence-electron chi connectivity index (χ0n) is 16.1. The van der Waals surface area contributed by atoms with Crippen molar-refractivity contribution in [1.29, 1.82) is 0 Å². The second-order valence-electron chi connectivity index (χ2n) is 7.62. The summed E-state index contributed by atoms with van der Waals surface area (Å²) in [5, 5.41) is 2.16. The summed E-state index contributed by atoms with van der Waals surface area (Å²) < 4.78 is 41.6. The molecule has 1 saturated carbocycles. The average molecular weight is 517 g/mol. The van der Waals surface area contributed by atoms with Gasteiger partial charge in [-0.15, -0.1) is 0 Å². The maximum absolute atomic E-state index is 13.0. The van der Waals surface area contributed by atoms with Gasteiger partial charge in [-0.2, -0.15) is 13.2 Å². The number of imidazole rings is 1. The molecule has 1 aromatic heterocycles. The summed E-state index contributed by atoms with van der Waals surface area (Å²) in [5.41, 5.74) is 0.404. The van der Waals surface area contributed by atoms with Gasteiger partial charge in [0, 0.05) is 22.1 Å². The molecule has 1 fully saturated rings. The molecule has 3 aromatic rings. The SMILES string of the molecule is O=c1[nH]c2c(Br)cccc2n1[C@H]1CC[C@@H](C(=O)Nc2ccc(Cl)c(C(F)(F)F)c2)CC1. The van der Waals surface area contributed by atoms with E-state index in [1.165, 1.54) is 6.07 Å². The molecule has 0 aliphatic heterocycles. The molecule has 2 N–H and O–H groups in total. The standard InChI is InChI=1S/C21H18BrClF3N3O2/c22-15-2-1-3-17-18(15)28-20(31)29(17)13-7-4-11(5-8-13)19(30)27-12-6-9-16(23)14(10-12)21(24,25)26/h1-3,6,9-11,13H,4-5,7-8H2,(H,27,30)(H,28,31)/t11-,13+. The highest BCUT2D eigenvalue weighted by molar-refractivity contribution is 9.10. The average Bonchev–Trinajstić information content (AvgIpc) is 3.06. The Bertz CT molecular complexity index is 1200. The smallest absolute Gasteiger partial charge is 0.326 e. The van der Waals surface area contributed by atoms with Crippen LogP contribution in [0.2, 0.25) is 5.02 Å². The summed E-state index contributed by atoms with van der Waals surface area (Å²) in [6.07, 6.45) is -2.30. The summed E-state index contributed by atoms with van der Waals surface area (Å²) in [6.45, 7) is 0. The fraction of sp³-hybridized carbons (Fsp3) is 0.333. The molecular formula is C21H18BrClF3N3O2. The molecule has 164 valence electrons. The first-order valence-electron chi connectivity index (χ1n) is 9.71. The van der Waals surface area contributed by atoms with Crippen molar-refractivity contribution in [3.63, 3.8) is 0 Å². The number of benzene rings is 2. The van der Waals surface area contributed by atoms with Crippen LogP contribution in [0.15, 0.2) is 45.7 Å². The normalized spacial score (nSPS) is 19.5. The van der Waals surface area contributed by atoms with E-state index in [9.17, 15) is 22.8 Å². The van der Waals surface area contributed by atoms with Crippen molar-refractivity contribution in [1.82, 2.24) is 9.55 Å². The predicted octanol–water partition coefficient (Wildman–Crippen LogP) is 6.13. The number of amides is 1. The second-order valence-corrected chi connectivity index (χ2v) is 8.88. The zero-order chi connectivity index (χ0) is 22.3. The topological polar surface area (TPSA) is 66.9 Å². The van der Waals surface area contributed by atoms with Crippen LogP contribution in [-0.2, 0) is 11.0 Å². The van der Waals surface area contributed by atoms with Gasteiger partial charge in [0.25, 0.3) is 0 Å². The van der Waals surface area contributed by atoms with E-state index < -0.39 is 16.8 Å². The van der Waals surface area contributed by atoms with Gasteiger partial charge >= 0.3 is 11.9 Å². The van der Waals surface area contributed by atoms with Crippen LogP contribution in [0.5, 0.6) is 0 Å². The first kappa shape index (κ1) is 22.0. The lowest BCUT2D eigenvalue weighted by Crippen LogP contribution is -2.31. The van der Waals surface area contributed by atoms with Crippen molar-refractivity contribution in [2.24, 2.45) is 5.92 Å². The number of alkyl halides is 3. The van der Waals surface area contributed by atoms with Crippen LogP contribution < -0.4 is 11.0 Å². The molecular weight excluding hydrogens is 499 g/mol. The Morgan fingerprint density at radius 2 is 1.87 bits per heavy atom. The van der Waals surface area contributed by atoms with Crippen molar-refractivity contribution in [3.05, 3.63) is 61.9 Å². The van der Waals surface area contributed by atoms with E-state index in [1.54, 1.807) is 4.57 Å². The molecule has 0 radical (unpaired) electrons. The van der Waals surface area contributed by atoms with Crippen LogP contribution in [0.4, 0.5) is 18.9 Å². The minimum atomic E-state index is -4.60. The summed E-state index contributed by atoms with van der Waals surface area (Å²) in [4.78, 5) is 28.0. The largest absolute Gasteiger partial charge is 0.417 e. The van der Waals surface area contributed by atoms with Crippen molar-refractivity contribution < 1.29 is 18.0 Å². The van der Waals surface area contributed by atoms with Crippen molar-refractivity contribution in [2.45, 2.75) is 37.9 Å². The summed E-state index contributed by atoms with van der Waals surface area (Å²) >= 11 is 9.06. The quantitative estimate of drug-likeness (QED) is 0.439. The van der Waals surface area contributed by atoms with E-state index in [2.05, 4.69) is 26.2 Å². The van der Waals surface area contributed by atoms with E-state index >= 15 is 0 Å². The molecule has 1 heterocycles. The van der Waals surface area contributed by atoms with Crippen molar-refractivity contribution >= 4 is 50.2 Å². The Balaban J connectivity index is 1.45. The third kappa shape index (κ3) is 4.39. The third-order valence-corrected chi connectivity index (χ3v) is 6.66. The highest BCUT2D eigenvalue weighted by Crippen LogP contribution is 2.37. The summed E-state index contributed by atoms with van der Waals surface area (Å²) in [6, 6.07) is 8.85. The first-order chi connectivity index (χ1) is 14.6. The van der Waals surface area contributed by atoms with E-state index in [-0.39, 0.29) is 29.2 Å². The number of aromatic nitrogens is 2. The maximum Gasteiger partial charge on any atom is 0.417 e. The fourth-order valence-corrected chi connectivity index (χ4v) is 4.82. The Morgan fingerprint density at radius 1 is 1.16 bits per heavy atom. The number of rotatable bonds is 3. The number of carbonyl (C=O) groups excluding carboxylic acids is 1. The monoisotopic (exact) mass is 515 g/mol. The fourth-order valence-electron chi connectivity index (χ4n) is 4.14. The van der Waals surface area contributed by atoms with Gasteiger partial charge in [0.2, 0.25) is 5.91 Å². The minimum Gasteiger partial charge on any atom is -0.326 e. The first-order valence-corrected chi connectivity index (χ1v) is 10.9. The number of carbonyl (C=O) groups is 1.